The van der Waals surface area contributed by atoms with Gasteiger partial charge in [-0.05, 0) is 42.5 Å². The Morgan fingerprint density at radius 2 is 2.04 bits per heavy atom. The number of carbonyl (C=O) groups is 2. The zero-order valence-electron chi connectivity index (χ0n) is 13.6. The van der Waals surface area contributed by atoms with Gasteiger partial charge in [-0.1, -0.05) is 6.07 Å². The van der Waals surface area contributed by atoms with Crippen LogP contribution in [0.2, 0.25) is 0 Å². The highest BCUT2D eigenvalue weighted by Gasteiger charge is 2.05. The summed E-state index contributed by atoms with van der Waals surface area (Å²) < 4.78 is 10.7. The summed E-state index contributed by atoms with van der Waals surface area (Å²) in [5.41, 5.74) is 6.09. The Morgan fingerprint density at radius 3 is 2.73 bits per heavy atom. The Bertz CT molecular complexity index is 932. The summed E-state index contributed by atoms with van der Waals surface area (Å²) in [4.78, 5) is 27.1. The largest absolute Gasteiger partial charge is 0.465 e. The molecule has 0 atom stereocenters. The number of hydrogen-bond donors (Lipinski definition) is 2. The van der Waals surface area contributed by atoms with E-state index >= 15 is 0 Å². The summed E-state index contributed by atoms with van der Waals surface area (Å²) in [6.45, 7) is 0. The van der Waals surface area contributed by atoms with E-state index in [9.17, 15) is 9.59 Å². The number of amides is 2. The summed E-state index contributed by atoms with van der Waals surface area (Å²) in [6, 6.07) is 13.2. The van der Waals surface area contributed by atoms with Crippen molar-refractivity contribution in [2.24, 2.45) is 5.73 Å². The maximum absolute atomic E-state index is 11.8. The van der Waals surface area contributed by atoms with Crippen molar-refractivity contribution in [3.8, 4) is 11.6 Å². The van der Waals surface area contributed by atoms with Crippen molar-refractivity contribution in [1.82, 2.24) is 4.98 Å². The molecule has 0 saturated heterocycles. The van der Waals surface area contributed by atoms with Crippen molar-refractivity contribution >= 4 is 23.6 Å². The third kappa shape index (κ3) is 4.57. The van der Waals surface area contributed by atoms with Crippen molar-refractivity contribution in [3.05, 3.63) is 78.4 Å². The molecular weight excluding hydrogens is 334 g/mol. The number of hydrogen-bond acceptors (Lipinski definition) is 5. The van der Waals surface area contributed by atoms with Crippen LogP contribution in [0.4, 0.5) is 5.69 Å². The van der Waals surface area contributed by atoms with Crippen LogP contribution in [0.5, 0.6) is 11.6 Å². The number of benzene rings is 1. The maximum Gasteiger partial charge on any atom is 0.248 e. The van der Waals surface area contributed by atoms with Crippen LogP contribution in [-0.2, 0) is 4.79 Å². The summed E-state index contributed by atoms with van der Waals surface area (Å²) in [5, 5.41) is 2.67. The smallest absolute Gasteiger partial charge is 0.248 e. The molecule has 130 valence electrons. The average molecular weight is 349 g/mol. The van der Waals surface area contributed by atoms with Crippen LogP contribution in [0.1, 0.15) is 16.1 Å². The van der Waals surface area contributed by atoms with Gasteiger partial charge in [-0.15, -0.1) is 0 Å². The van der Waals surface area contributed by atoms with Crippen LogP contribution >= 0.6 is 0 Å². The number of nitrogens with two attached hydrogens (primary N) is 1. The second kappa shape index (κ2) is 7.80. The lowest BCUT2D eigenvalue weighted by molar-refractivity contribution is -0.111. The van der Waals surface area contributed by atoms with E-state index in [0.717, 1.165) is 0 Å². The van der Waals surface area contributed by atoms with Crippen molar-refractivity contribution < 1.29 is 18.7 Å². The predicted molar refractivity (Wildman–Crippen MR) is 95.6 cm³/mol. The first-order chi connectivity index (χ1) is 12.6. The Kier molecular flexibility index (Phi) is 5.09. The van der Waals surface area contributed by atoms with Crippen LogP contribution in [0, 0.1) is 0 Å². The lowest BCUT2D eigenvalue weighted by Gasteiger charge is -2.07. The number of nitrogens with zero attached hydrogens (tertiary/aromatic N) is 1. The topological polar surface area (TPSA) is 107 Å². The Morgan fingerprint density at radius 1 is 1.15 bits per heavy atom. The number of nitrogens with one attached hydrogen (secondary N) is 1. The minimum atomic E-state index is -0.538. The Hall–Kier alpha value is -3.87. The van der Waals surface area contributed by atoms with Crippen LogP contribution in [-0.4, -0.2) is 16.8 Å². The maximum atomic E-state index is 11.8. The molecule has 1 aromatic carbocycles. The van der Waals surface area contributed by atoms with E-state index < -0.39 is 5.91 Å². The minimum absolute atomic E-state index is 0.314. The molecule has 0 saturated carbocycles. The molecule has 2 heterocycles. The molecule has 0 aliphatic rings. The molecule has 7 nitrogen and oxygen atoms in total. The third-order valence-corrected chi connectivity index (χ3v) is 3.29. The second-order valence-corrected chi connectivity index (χ2v) is 5.22. The molecule has 0 fully saturated rings. The molecular formula is C19H15N3O4. The number of carbonyl (C=O) groups excluding carboxylic acids is 2. The van der Waals surface area contributed by atoms with Gasteiger partial charge >= 0.3 is 0 Å². The molecule has 3 N–H and O–H groups in total. The van der Waals surface area contributed by atoms with Gasteiger partial charge in [0.15, 0.2) is 0 Å². The van der Waals surface area contributed by atoms with E-state index in [1.165, 1.54) is 24.6 Å². The highest BCUT2D eigenvalue weighted by Crippen LogP contribution is 2.21. The average Bonchev–Trinajstić information content (AvgIpc) is 3.15. The van der Waals surface area contributed by atoms with E-state index in [4.69, 9.17) is 14.9 Å². The highest BCUT2D eigenvalue weighted by atomic mass is 16.5. The van der Waals surface area contributed by atoms with Gasteiger partial charge in [-0.3, -0.25) is 9.59 Å². The normalized spacial score (nSPS) is 10.6. The zero-order chi connectivity index (χ0) is 18.4. The van der Waals surface area contributed by atoms with E-state index in [-0.39, 0.29) is 5.91 Å². The minimum Gasteiger partial charge on any atom is -0.465 e. The fourth-order valence-electron chi connectivity index (χ4n) is 2.08. The fourth-order valence-corrected chi connectivity index (χ4v) is 2.08. The van der Waals surface area contributed by atoms with Gasteiger partial charge in [0.1, 0.15) is 11.5 Å². The molecule has 0 aliphatic carbocycles. The van der Waals surface area contributed by atoms with Gasteiger partial charge in [-0.25, -0.2) is 4.98 Å². The molecule has 0 spiro atoms. The Balaban J connectivity index is 1.60. The predicted octanol–water partition coefficient (Wildman–Crippen LogP) is 3.22. The summed E-state index contributed by atoms with van der Waals surface area (Å²) in [7, 11) is 0. The highest BCUT2D eigenvalue weighted by molar-refractivity contribution is 6.01. The number of furan rings is 1. The van der Waals surface area contributed by atoms with E-state index in [0.29, 0.717) is 28.6 Å². The molecule has 0 bridgehead atoms. The standard InChI is InChI=1S/C19H15N3O4/c20-19(24)13-3-1-4-16(11-13)26-18-9-6-14(12-21-18)22-17(23)8-7-15-5-2-10-25-15/h1-12H,(H2,20,24)(H,22,23)/b8-7-. The fraction of sp³-hybridized carbons (Fsp3) is 0. The molecule has 2 amide bonds. The molecule has 3 aromatic rings. The first kappa shape index (κ1) is 17.0. The number of ether oxygens (including phenoxy) is 1. The van der Waals surface area contributed by atoms with Gasteiger partial charge in [-0.2, -0.15) is 0 Å². The summed E-state index contributed by atoms with van der Waals surface area (Å²) in [5.74, 6) is 0.484. The lowest BCUT2D eigenvalue weighted by atomic mass is 10.2. The molecule has 7 heteroatoms. The SMILES string of the molecule is NC(=O)c1cccc(Oc2ccc(NC(=O)/C=C\c3ccco3)cn2)c1. The van der Waals surface area contributed by atoms with Crippen molar-refractivity contribution in [2.75, 3.05) is 5.32 Å². The third-order valence-electron chi connectivity index (χ3n) is 3.29. The molecule has 2 aromatic heterocycles. The van der Waals surface area contributed by atoms with Crippen molar-refractivity contribution in [3.63, 3.8) is 0 Å². The number of rotatable bonds is 6. The van der Waals surface area contributed by atoms with E-state index in [2.05, 4.69) is 10.3 Å². The van der Waals surface area contributed by atoms with Crippen LogP contribution in [0.25, 0.3) is 6.08 Å². The van der Waals surface area contributed by atoms with Crippen LogP contribution in [0.15, 0.2) is 71.5 Å². The molecule has 0 unspecified atom stereocenters. The van der Waals surface area contributed by atoms with Gasteiger partial charge < -0.3 is 20.2 Å². The first-order valence-electron chi connectivity index (χ1n) is 7.66. The zero-order valence-corrected chi connectivity index (χ0v) is 13.6. The van der Waals surface area contributed by atoms with Crippen molar-refractivity contribution in [2.45, 2.75) is 0 Å². The lowest BCUT2D eigenvalue weighted by Crippen LogP contribution is -2.10. The quantitative estimate of drug-likeness (QED) is 0.664. The monoisotopic (exact) mass is 349 g/mol. The molecule has 0 radical (unpaired) electrons. The second-order valence-electron chi connectivity index (χ2n) is 5.22. The van der Waals surface area contributed by atoms with Gasteiger partial charge in [0.05, 0.1) is 18.1 Å². The van der Waals surface area contributed by atoms with Gasteiger partial charge in [0.2, 0.25) is 17.7 Å². The summed E-state index contributed by atoms with van der Waals surface area (Å²) in [6.07, 6.45) is 5.91. The molecule has 3 rings (SSSR count). The number of aromatic nitrogens is 1. The number of anilines is 1. The van der Waals surface area contributed by atoms with Crippen LogP contribution < -0.4 is 15.8 Å². The van der Waals surface area contributed by atoms with E-state index in [1.807, 2.05) is 0 Å². The Labute approximate surface area is 149 Å². The number of primary amides is 1. The summed E-state index contributed by atoms with van der Waals surface area (Å²) >= 11 is 0. The number of pyridine rings is 1. The van der Waals surface area contributed by atoms with Crippen LogP contribution in [0.3, 0.4) is 0 Å². The van der Waals surface area contributed by atoms with E-state index in [1.54, 1.807) is 48.5 Å². The van der Waals surface area contributed by atoms with Gasteiger partial charge in [0.25, 0.3) is 0 Å². The molecule has 0 aliphatic heterocycles. The van der Waals surface area contributed by atoms with Gasteiger partial charge in [0, 0.05) is 17.7 Å². The molecule has 26 heavy (non-hydrogen) atoms. The van der Waals surface area contributed by atoms with Crippen molar-refractivity contribution in [1.29, 1.82) is 0 Å². The first-order valence-corrected chi connectivity index (χ1v) is 7.66.